The lowest BCUT2D eigenvalue weighted by molar-refractivity contribution is -0.138. The molecule has 1 unspecified atom stereocenters. The van der Waals surface area contributed by atoms with Crippen LogP contribution < -0.4 is 30.5 Å². The summed E-state index contributed by atoms with van der Waals surface area (Å²) in [6, 6.07) is 11.1. The topological polar surface area (TPSA) is 241 Å². The number of carbonyl (C=O) groups is 6. The minimum Gasteiger partial charge on any atom is -0.501 e. The van der Waals surface area contributed by atoms with Gasteiger partial charge in [-0.25, -0.2) is 24.4 Å². The van der Waals surface area contributed by atoms with E-state index in [0.29, 0.717) is 41.2 Å². The summed E-state index contributed by atoms with van der Waals surface area (Å²) in [5.74, 6) is -2.49. The normalized spacial score (nSPS) is 13.8. The summed E-state index contributed by atoms with van der Waals surface area (Å²) in [4.78, 5) is 99.4. The summed E-state index contributed by atoms with van der Waals surface area (Å²) in [7, 11) is 5.36. The fourth-order valence-corrected chi connectivity index (χ4v) is 6.36. The van der Waals surface area contributed by atoms with Gasteiger partial charge in [0.15, 0.2) is 5.78 Å². The zero-order chi connectivity index (χ0) is 44.6. The van der Waals surface area contributed by atoms with Gasteiger partial charge in [0.2, 0.25) is 11.8 Å². The Morgan fingerprint density at radius 1 is 0.790 bits per heavy atom. The molecule has 4 aromatic rings. The van der Waals surface area contributed by atoms with Crippen molar-refractivity contribution < 1.29 is 61.6 Å². The minimum absolute atomic E-state index is 0.0164. The molecule has 1 aliphatic rings. The zero-order valence-corrected chi connectivity index (χ0v) is 34.6. The van der Waals surface area contributed by atoms with Gasteiger partial charge in [0.25, 0.3) is 5.91 Å². The molecule has 2 atom stereocenters. The number of hydrogen-bond donors (Lipinski definition) is 2. The van der Waals surface area contributed by atoms with E-state index in [1.807, 2.05) is 0 Å². The molecule has 0 bridgehead atoms. The van der Waals surface area contributed by atoms with E-state index in [9.17, 15) is 33.6 Å². The predicted octanol–water partition coefficient (Wildman–Crippen LogP) is 3.05. The monoisotopic (exact) mass is 857 g/mol. The molecule has 0 fully saturated rings. The molecule has 1 aromatic carbocycles. The number of nitrogens with one attached hydrogen (secondary N) is 2. The number of benzene rings is 1. The first-order chi connectivity index (χ1) is 29.9. The molecule has 3 amide bonds. The minimum atomic E-state index is -1.09. The molecule has 5 rings (SSSR count). The molecule has 19 nitrogen and oxygen atoms in total. The van der Waals surface area contributed by atoms with Crippen LogP contribution in [0.25, 0.3) is 11.0 Å². The van der Waals surface area contributed by atoms with Crippen LogP contribution in [0.2, 0.25) is 0 Å². The Labute approximate surface area is 355 Å². The van der Waals surface area contributed by atoms with Crippen LogP contribution in [0.5, 0.6) is 17.2 Å². The van der Waals surface area contributed by atoms with Crippen LogP contribution in [0.3, 0.4) is 0 Å². The van der Waals surface area contributed by atoms with E-state index in [1.54, 1.807) is 18.2 Å². The SMILES string of the molecule is COC(=O)c1ccc(OCCN(CCOc2ccc(C(=O)OC)nc2)C(=O)[C@H](CCCCNC(=O)c2cc3ccc(OC)cc3oc2=O)NC(=O)C2CC(=O)C=C(OC)C2)cn1. The van der Waals surface area contributed by atoms with Gasteiger partial charge in [-0.2, -0.15) is 0 Å². The van der Waals surface area contributed by atoms with Crippen molar-refractivity contribution in [1.29, 1.82) is 0 Å². The van der Waals surface area contributed by atoms with Crippen LogP contribution in [0, 0.1) is 5.92 Å². The molecule has 0 radical (unpaired) electrons. The van der Waals surface area contributed by atoms with Gasteiger partial charge in [0.05, 0.1) is 65.6 Å². The molecule has 0 aliphatic heterocycles. The number of aromatic nitrogens is 2. The van der Waals surface area contributed by atoms with Crippen LogP contribution in [0.15, 0.2) is 82.0 Å². The number of fused-ring (bicyclic) bond motifs is 1. The molecule has 328 valence electrons. The van der Waals surface area contributed by atoms with Crippen LogP contribution in [0.1, 0.15) is 63.4 Å². The molecular formula is C43H47N5O14. The number of methoxy groups -OCH3 is 4. The van der Waals surface area contributed by atoms with Gasteiger partial charge >= 0.3 is 17.6 Å². The number of pyridine rings is 2. The summed E-state index contributed by atoms with van der Waals surface area (Å²) in [5.41, 5.74) is -0.578. The van der Waals surface area contributed by atoms with Crippen molar-refractivity contribution in [3.63, 3.8) is 0 Å². The second-order valence-electron chi connectivity index (χ2n) is 13.8. The molecule has 0 spiro atoms. The second kappa shape index (κ2) is 22.3. The zero-order valence-electron chi connectivity index (χ0n) is 34.6. The van der Waals surface area contributed by atoms with Gasteiger partial charge in [0, 0.05) is 36.9 Å². The summed E-state index contributed by atoms with van der Waals surface area (Å²) in [5, 5.41) is 6.09. The third kappa shape index (κ3) is 12.6. The third-order valence-electron chi connectivity index (χ3n) is 9.69. The van der Waals surface area contributed by atoms with E-state index < -0.39 is 47.2 Å². The quantitative estimate of drug-likeness (QED) is 0.0695. The molecule has 62 heavy (non-hydrogen) atoms. The predicted molar refractivity (Wildman–Crippen MR) is 219 cm³/mol. The van der Waals surface area contributed by atoms with Crippen molar-refractivity contribution in [3.8, 4) is 17.2 Å². The van der Waals surface area contributed by atoms with Crippen molar-refractivity contribution in [2.75, 3.05) is 61.3 Å². The molecule has 3 aromatic heterocycles. The first-order valence-corrected chi connectivity index (χ1v) is 19.5. The van der Waals surface area contributed by atoms with Crippen LogP contribution >= 0.6 is 0 Å². The number of amides is 3. The Hall–Kier alpha value is -7.31. The van der Waals surface area contributed by atoms with E-state index in [2.05, 4.69) is 30.1 Å². The smallest absolute Gasteiger partial charge is 0.356 e. The highest BCUT2D eigenvalue weighted by Crippen LogP contribution is 2.24. The number of allylic oxidation sites excluding steroid dienone is 2. The van der Waals surface area contributed by atoms with E-state index in [1.165, 1.54) is 82.1 Å². The maximum absolute atomic E-state index is 14.4. The lowest BCUT2D eigenvalue weighted by Gasteiger charge is -2.29. The van der Waals surface area contributed by atoms with E-state index in [-0.39, 0.29) is 80.4 Å². The largest absolute Gasteiger partial charge is 0.501 e. The molecule has 19 heteroatoms. The maximum Gasteiger partial charge on any atom is 0.356 e. The summed E-state index contributed by atoms with van der Waals surface area (Å²) in [6.45, 7) is 0.111. The number of ether oxygens (including phenoxy) is 6. The fraction of sp³-hybridized carbons (Fsp3) is 0.372. The van der Waals surface area contributed by atoms with Crippen molar-refractivity contribution in [2.45, 2.75) is 38.1 Å². The van der Waals surface area contributed by atoms with E-state index in [4.69, 9.17) is 23.4 Å². The lowest BCUT2D eigenvalue weighted by Crippen LogP contribution is -2.52. The van der Waals surface area contributed by atoms with Gasteiger partial charge < -0.3 is 48.4 Å². The Balaban J connectivity index is 1.28. The third-order valence-corrected chi connectivity index (χ3v) is 9.69. The van der Waals surface area contributed by atoms with Crippen molar-refractivity contribution in [2.24, 2.45) is 5.92 Å². The fourth-order valence-electron chi connectivity index (χ4n) is 6.36. The molecular weight excluding hydrogens is 810 g/mol. The van der Waals surface area contributed by atoms with Crippen LogP contribution in [-0.4, -0.2) is 118 Å². The number of nitrogens with zero attached hydrogens (tertiary/aromatic N) is 3. The highest BCUT2D eigenvalue weighted by Gasteiger charge is 2.32. The van der Waals surface area contributed by atoms with Crippen molar-refractivity contribution >= 4 is 46.4 Å². The van der Waals surface area contributed by atoms with Gasteiger partial charge in [-0.15, -0.1) is 0 Å². The lowest BCUT2D eigenvalue weighted by atomic mass is 9.91. The Morgan fingerprint density at radius 2 is 1.42 bits per heavy atom. The molecule has 0 saturated heterocycles. The second-order valence-corrected chi connectivity index (χ2v) is 13.8. The van der Waals surface area contributed by atoms with Crippen LogP contribution in [-0.2, 0) is 28.6 Å². The van der Waals surface area contributed by atoms with E-state index in [0.717, 1.165) is 0 Å². The van der Waals surface area contributed by atoms with Gasteiger partial charge in [-0.1, -0.05) is 0 Å². The number of hydrogen-bond acceptors (Lipinski definition) is 16. The average molecular weight is 858 g/mol. The number of rotatable bonds is 21. The van der Waals surface area contributed by atoms with Crippen LogP contribution in [0.4, 0.5) is 0 Å². The summed E-state index contributed by atoms with van der Waals surface area (Å²) >= 11 is 0. The molecule has 3 heterocycles. The molecule has 0 saturated carbocycles. The summed E-state index contributed by atoms with van der Waals surface area (Å²) < 4.78 is 36.9. The highest BCUT2D eigenvalue weighted by atomic mass is 16.5. The van der Waals surface area contributed by atoms with Gasteiger partial charge in [-0.05, 0) is 61.7 Å². The Bertz CT molecular complexity index is 2260. The Kier molecular flexibility index (Phi) is 16.5. The van der Waals surface area contributed by atoms with E-state index >= 15 is 0 Å². The van der Waals surface area contributed by atoms with Gasteiger partial charge in [-0.3, -0.25) is 19.2 Å². The average Bonchev–Trinajstić information content (AvgIpc) is 3.29. The standard InChI is InChI=1S/C43H47N5O14/c1-56-29-9-8-26-21-33(41(53)62-37(26)23-29)39(51)44-14-6-5-7-34(47-38(50)27-19-28(49)22-32(20-27)57-2)40(52)48(15-17-60-30-10-12-35(45-24-30)42(54)58-3)16-18-61-31-11-13-36(46-25-31)43(55)59-4/h8-13,21-25,27,34H,5-7,14-20H2,1-4H3,(H,44,51)(H,47,50)/t27?,34-/m0/s1. The number of unbranched alkanes of at least 4 members (excludes halogenated alkanes) is 1. The summed E-state index contributed by atoms with van der Waals surface area (Å²) in [6.07, 6.45) is 4.94. The van der Waals surface area contributed by atoms with Gasteiger partial charge in [0.1, 0.15) is 59.0 Å². The van der Waals surface area contributed by atoms with Crippen molar-refractivity contribution in [3.05, 3.63) is 100 Å². The number of carbonyl (C=O) groups excluding carboxylic acids is 6. The molecule has 1 aliphatic carbocycles. The first kappa shape index (κ1) is 45.8. The maximum atomic E-state index is 14.4. The first-order valence-electron chi connectivity index (χ1n) is 19.5. The Morgan fingerprint density at radius 3 is 1.98 bits per heavy atom. The number of esters is 2. The molecule has 2 N–H and O–H groups in total. The number of ketones is 1. The van der Waals surface area contributed by atoms with Crippen molar-refractivity contribution in [1.82, 2.24) is 25.5 Å². The highest BCUT2D eigenvalue weighted by molar-refractivity contribution is 5.97.